The first-order valence-corrected chi connectivity index (χ1v) is 10.1. The van der Waals surface area contributed by atoms with Gasteiger partial charge in [-0.25, -0.2) is 4.98 Å². The number of H-pyrrole nitrogens is 1. The molecule has 1 aromatic carbocycles. The molecule has 0 aliphatic carbocycles. The molecule has 0 radical (unpaired) electrons. The van der Waals surface area contributed by atoms with Crippen molar-refractivity contribution in [3.63, 3.8) is 0 Å². The third-order valence-electron chi connectivity index (χ3n) is 4.83. The normalized spacial score (nSPS) is 17.2. The van der Waals surface area contributed by atoms with Gasteiger partial charge in [-0.2, -0.15) is 0 Å². The van der Waals surface area contributed by atoms with Crippen molar-refractivity contribution in [2.45, 2.75) is 39.2 Å². The van der Waals surface area contributed by atoms with Gasteiger partial charge in [0.15, 0.2) is 5.82 Å². The van der Waals surface area contributed by atoms with Crippen molar-refractivity contribution in [3.8, 4) is 5.75 Å². The van der Waals surface area contributed by atoms with Crippen molar-refractivity contribution in [3.05, 3.63) is 57.8 Å². The van der Waals surface area contributed by atoms with Gasteiger partial charge in [-0.15, -0.1) is 0 Å². The van der Waals surface area contributed by atoms with E-state index in [2.05, 4.69) is 9.97 Å². The van der Waals surface area contributed by atoms with E-state index < -0.39 is 12.4 Å². The molecule has 0 saturated carbocycles. The molecule has 2 atom stereocenters. The second kappa shape index (κ2) is 10.5. The fourth-order valence-corrected chi connectivity index (χ4v) is 3.48. The summed E-state index contributed by atoms with van der Waals surface area (Å²) in [4.78, 5) is 21.2. The van der Waals surface area contributed by atoms with Crippen LogP contribution in [0.25, 0.3) is 0 Å². The van der Waals surface area contributed by atoms with Gasteiger partial charge in [0.05, 0.1) is 17.8 Å². The van der Waals surface area contributed by atoms with Crippen LogP contribution >= 0.6 is 0 Å². The average Bonchev–Trinajstić information content (AvgIpc) is 2.73. The van der Waals surface area contributed by atoms with Gasteiger partial charge in [-0.3, -0.25) is 4.79 Å². The van der Waals surface area contributed by atoms with E-state index in [4.69, 9.17) is 14.2 Å². The molecule has 158 valence electrons. The van der Waals surface area contributed by atoms with Gasteiger partial charge < -0.3 is 29.2 Å². The van der Waals surface area contributed by atoms with Crippen LogP contribution in [0.1, 0.15) is 37.2 Å². The molecule has 0 saturated heterocycles. The Kier molecular flexibility index (Phi) is 7.76. The van der Waals surface area contributed by atoms with Crippen LogP contribution in [0.2, 0.25) is 0 Å². The maximum atomic E-state index is 12.6. The lowest BCUT2D eigenvalue weighted by Gasteiger charge is -2.27. The van der Waals surface area contributed by atoms with Crippen molar-refractivity contribution in [1.29, 1.82) is 0 Å². The molecule has 29 heavy (non-hydrogen) atoms. The van der Waals surface area contributed by atoms with E-state index in [0.717, 1.165) is 22.9 Å². The summed E-state index contributed by atoms with van der Waals surface area (Å²) in [6, 6.07) is 9.42. The fraction of sp³-hybridized carbons (Fsp3) is 0.524. The number of hydrogen-bond acceptors (Lipinski definition) is 6. The van der Waals surface area contributed by atoms with Gasteiger partial charge in [0, 0.05) is 19.6 Å². The molecule has 3 N–H and O–H groups in total. The zero-order valence-corrected chi connectivity index (χ0v) is 17.0. The van der Waals surface area contributed by atoms with Crippen LogP contribution in [0.15, 0.2) is 35.1 Å². The number of hydrogen-bond donors (Lipinski definition) is 3. The Hall–Kier alpha value is -2.26. The highest BCUT2D eigenvalue weighted by Gasteiger charge is 2.27. The van der Waals surface area contributed by atoms with Crippen LogP contribution in [0.3, 0.4) is 0 Å². The number of fused-ring (bicyclic) bond motifs is 1. The Balaban J connectivity index is 1.61. The zero-order chi connectivity index (χ0) is 20.6. The van der Waals surface area contributed by atoms with Crippen molar-refractivity contribution >= 4 is 0 Å². The van der Waals surface area contributed by atoms with Gasteiger partial charge in [-0.05, 0) is 26.0 Å². The predicted molar refractivity (Wildman–Crippen MR) is 107 cm³/mol. The molecule has 8 heteroatoms. The van der Waals surface area contributed by atoms with E-state index in [-0.39, 0.29) is 12.2 Å². The summed E-state index contributed by atoms with van der Waals surface area (Å²) in [6.07, 6.45) is -0.609. The highest BCUT2D eigenvalue weighted by Crippen LogP contribution is 2.16. The van der Waals surface area contributed by atoms with Crippen molar-refractivity contribution in [2.24, 2.45) is 0 Å². The van der Waals surface area contributed by atoms with Gasteiger partial charge in [0.1, 0.15) is 31.5 Å². The third-order valence-corrected chi connectivity index (χ3v) is 4.83. The molecule has 0 spiro atoms. The smallest absolute Gasteiger partial charge is 0.260 e. The highest BCUT2D eigenvalue weighted by atomic mass is 16.7. The van der Waals surface area contributed by atoms with Crippen LogP contribution in [0, 0.1) is 0 Å². The molecular weight excluding hydrogens is 374 g/mol. The van der Waals surface area contributed by atoms with Crippen LogP contribution in [-0.4, -0.2) is 54.1 Å². The molecule has 1 aliphatic heterocycles. The molecule has 2 heterocycles. The van der Waals surface area contributed by atoms with Crippen LogP contribution in [-0.2, 0) is 22.4 Å². The van der Waals surface area contributed by atoms with E-state index in [1.165, 1.54) is 0 Å². The number of aliphatic hydroxyl groups excluding tert-OH is 1. The van der Waals surface area contributed by atoms with Gasteiger partial charge in [0.25, 0.3) is 5.56 Å². The molecule has 1 unspecified atom stereocenters. The molecule has 1 aromatic heterocycles. The largest absolute Gasteiger partial charge is 0.491 e. The van der Waals surface area contributed by atoms with E-state index in [0.29, 0.717) is 44.1 Å². The molecule has 8 nitrogen and oxygen atoms in total. The van der Waals surface area contributed by atoms with Gasteiger partial charge in [-0.1, -0.05) is 18.2 Å². The lowest BCUT2D eigenvalue weighted by Crippen LogP contribution is -3.13. The van der Waals surface area contributed by atoms with Crippen molar-refractivity contribution < 1.29 is 24.2 Å². The van der Waals surface area contributed by atoms with Gasteiger partial charge >= 0.3 is 0 Å². The number of ether oxygens (including phenoxy) is 3. The number of quaternary nitrogens is 1. The summed E-state index contributed by atoms with van der Waals surface area (Å²) in [6.45, 7) is 6.71. The quantitative estimate of drug-likeness (QED) is 0.490. The lowest BCUT2D eigenvalue weighted by atomic mass is 10.1. The minimum atomic E-state index is -0.662. The number of aromatic nitrogens is 2. The van der Waals surface area contributed by atoms with Crippen LogP contribution in [0.5, 0.6) is 5.75 Å². The minimum absolute atomic E-state index is 0.165. The second-order valence-corrected chi connectivity index (χ2v) is 7.03. The number of aliphatic hydroxyl groups is 1. The Morgan fingerprint density at radius 2 is 1.93 bits per heavy atom. The Morgan fingerprint density at radius 3 is 2.62 bits per heavy atom. The molecule has 2 aromatic rings. The Bertz CT molecular complexity index is 821. The average molecular weight is 404 g/mol. The summed E-state index contributed by atoms with van der Waals surface area (Å²) in [5.41, 5.74) is 1.28. The first-order valence-electron chi connectivity index (χ1n) is 10.1. The van der Waals surface area contributed by atoms with Crippen LogP contribution in [0.4, 0.5) is 0 Å². The minimum Gasteiger partial charge on any atom is -0.491 e. The first-order chi connectivity index (χ1) is 14.1. The number of nitrogens with one attached hydrogen (secondary N) is 2. The number of rotatable bonds is 10. The Morgan fingerprint density at radius 1 is 1.21 bits per heavy atom. The zero-order valence-electron chi connectivity index (χ0n) is 17.0. The van der Waals surface area contributed by atoms with Crippen molar-refractivity contribution in [1.82, 2.24) is 9.97 Å². The summed E-state index contributed by atoms with van der Waals surface area (Å²) in [5.74, 6) is 1.15. The molecule has 0 fully saturated rings. The van der Waals surface area contributed by atoms with Crippen LogP contribution < -0.4 is 15.2 Å². The lowest BCUT2D eigenvalue weighted by molar-refractivity contribution is -0.919. The molecule has 0 bridgehead atoms. The summed E-state index contributed by atoms with van der Waals surface area (Å²) in [7, 11) is 0. The van der Waals surface area contributed by atoms with E-state index in [1.807, 2.05) is 44.2 Å². The Labute approximate surface area is 170 Å². The second-order valence-electron chi connectivity index (χ2n) is 7.03. The maximum absolute atomic E-state index is 12.6. The fourth-order valence-electron chi connectivity index (χ4n) is 3.48. The number of nitrogens with zero attached hydrogens (tertiary/aromatic N) is 1. The first kappa shape index (κ1) is 21.4. The third kappa shape index (κ3) is 5.86. The topological polar surface area (TPSA) is 98.1 Å². The summed E-state index contributed by atoms with van der Waals surface area (Å²) < 4.78 is 16.7. The van der Waals surface area contributed by atoms with Gasteiger partial charge in [0.2, 0.25) is 6.29 Å². The number of benzene rings is 1. The number of para-hydroxylation sites is 1. The summed E-state index contributed by atoms with van der Waals surface area (Å²) >= 11 is 0. The number of aromatic amines is 1. The van der Waals surface area contributed by atoms with E-state index in [1.54, 1.807) is 0 Å². The standard InChI is InChI=1S/C21H29N3O5/c1-3-27-21(28-4-2)19-22-18-10-11-24(13-17(18)20(26)23-19)12-15(25)14-29-16-8-6-5-7-9-16/h5-9,15,21,25H,3-4,10-14H2,1-2H3,(H,22,23,26)/p+1/t15-/m1/s1. The summed E-state index contributed by atoms with van der Waals surface area (Å²) in [5, 5.41) is 10.3. The molecule has 0 amide bonds. The monoisotopic (exact) mass is 404 g/mol. The molecular formula is C21H30N3O5+. The van der Waals surface area contributed by atoms with Crippen molar-refractivity contribution in [2.75, 3.05) is 32.9 Å². The predicted octanol–water partition coefficient (Wildman–Crippen LogP) is 0.222. The SMILES string of the molecule is CCOC(OCC)c1nc2c(c(=O)[nH]1)C[NH+](C[C@@H](O)COc1ccccc1)CC2. The molecule has 3 rings (SSSR count). The highest BCUT2D eigenvalue weighted by molar-refractivity contribution is 5.21. The van der Waals surface area contributed by atoms with E-state index in [9.17, 15) is 9.90 Å². The maximum Gasteiger partial charge on any atom is 0.260 e. The van der Waals surface area contributed by atoms with E-state index >= 15 is 0 Å². The molecule has 1 aliphatic rings.